The lowest BCUT2D eigenvalue weighted by molar-refractivity contribution is -0.122. The summed E-state index contributed by atoms with van der Waals surface area (Å²) >= 11 is 5.01. The maximum absolute atomic E-state index is 13.8. The summed E-state index contributed by atoms with van der Waals surface area (Å²) in [5, 5.41) is 6.40. The highest BCUT2D eigenvalue weighted by Gasteiger charge is 2.33. The fourth-order valence-corrected chi connectivity index (χ4v) is 2.71. The number of amides is 1. The molecule has 1 N–H and O–H groups in total. The van der Waals surface area contributed by atoms with Gasteiger partial charge in [0.05, 0.1) is 18.3 Å². The largest absolute Gasteiger partial charge is 0.328 e. The molecule has 0 unspecified atom stereocenters. The Hall–Kier alpha value is -2.82. The standard InChI is InChI=1S/C16H11F5N4OS/c1-2-24-5-7(4-22-24)6-25-15(26)9(23-16(25)27)3-8-10(17)12(19)14(21)13(20)11(8)18/h3-5H,2,6H2,1H3,(H,23,27)/b9-3+. The van der Waals surface area contributed by atoms with E-state index in [2.05, 4.69) is 10.4 Å². The lowest BCUT2D eigenvalue weighted by Gasteiger charge is -2.12. The highest BCUT2D eigenvalue weighted by Crippen LogP contribution is 2.26. The number of thiocarbonyl (C=S) groups is 1. The van der Waals surface area contributed by atoms with E-state index in [-0.39, 0.29) is 11.7 Å². The number of nitrogens with zero attached hydrogens (tertiary/aromatic N) is 3. The smallest absolute Gasteiger partial charge is 0.276 e. The van der Waals surface area contributed by atoms with Crippen molar-refractivity contribution < 1.29 is 26.7 Å². The Labute approximate surface area is 155 Å². The van der Waals surface area contributed by atoms with Crippen molar-refractivity contribution in [2.75, 3.05) is 0 Å². The number of rotatable bonds is 4. The van der Waals surface area contributed by atoms with Gasteiger partial charge in [-0.2, -0.15) is 5.10 Å². The SMILES string of the molecule is CCn1cc(CN2C(=O)/C(=C\c3c(F)c(F)c(F)c(F)c3F)NC2=S)cn1. The van der Waals surface area contributed by atoms with Crippen LogP contribution in [-0.2, 0) is 17.9 Å². The molecular formula is C16H11F5N4OS. The van der Waals surface area contributed by atoms with E-state index >= 15 is 0 Å². The van der Waals surface area contributed by atoms with E-state index in [0.29, 0.717) is 18.2 Å². The number of hydrogen-bond acceptors (Lipinski definition) is 3. The van der Waals surface area contributed by atoms with Gasteiger partial charge in [-0.05, 0) is 25.2 Å². The van der Waals surface area contributed by atoms with E-state index in [9.17, 15) is 26.7 Å². The molecular weight excluding hydrogens is 391 g/mol. The molecule has 1 fully saturated rings. The number of aromatic nitrogens is 2. The summed E-state index contributed by atoms with van der Waals surface area (Å²) in [4.78, 5) is 13.5. The minimum Gasteiger partial charge on any atom is -0.328 e. The van der Waals surface area contributed by atoms with E-state index in [1.807, 2.05) is 6.92 Å². The summed E-state index contributed by atoms with van der Waals surface area (Å²) in [7, 11) is 0. The number of aryl methyl sites for hydroxylation is 1. The van der Waals surface area contributed by atoms with Gasteiger partial charge < -0.3 is 5.32 Å². The molecule has 1 saturated heterocycles. The van der Waals surface area contributed by atoms with Crippen molar-refractivity contribution in [1.82, 2.24) is 20.0 Å². The van der Waals surface area contributed by atoms with Crippen LogP contribution in [0.1, 0.15) is 18.1 Å². The van der Waals surface area contributed by atoms with Crippen molar-refractivity contribution in [3.05, 3.63) is 58.3 Å². The third-order valence-electron chi connectivity index (χ3n) is 3.85. The van der Waals surface area contributed by atoms with E-state index in [4.69, 9.17) is 12.2 Å². The quantitative estimate of drug-likeness (QED) is 0.281. The first-order chi connectivity index (χ1) is 12.7. The molecule has 2 aromatic rings. The molecule has 5 nitrogen and oxygen atoms in total. The second-order valence-electron chi connectivity index (χ2n) is 5.57. The number of benzene rings is 1. The molecule has 1 aliphatic rings. The summed E-state index contributed by atoms with van der Waals surface area (Å²) < 4.78 is 69.0. The number of carbonyl (C=O) groups excluding carboxylic acids is 1. The van der Waals surface area contributed by atoms with E-state index < -0.39 is 46.3 Å². The first kappa shape index (κ1) is 19.0. The zero-order chi connectivity index (χ0) is 19.9. The zero-order valence-electron chi connectivity index (χ0n) is 13.7. The topological polar surface area (TPSA) is 50.2 Å². The van der Waals surface area contributed by atoms with Crippen LogP contribution in [0.15, 0.2) is 18.1 Å². The van der Waals surface area contributed by atoms with Crippen LogP contribution in [0.25, 0.3) is 6.08 Å². The minimum absolute atomic E-state index is 0.0269. The number of halogens is 5. The summed E-state index contributed by atoms with van der Waals surface area (Å²) in [5.41, 5.74) is -0.997. The van der Waals surface area contributed by atoms with Crippen LogP contribution in [0.2, 0.25) is 0 Å². The summed E-state index contributed by atoms with van der Waals surface area (Å²) in [6.45, 7) is 2.51. The lowest BCUT2D eigenvalue weighted by Crippen LogP contribution is -2.29. The molecule has 1 amide bonds. The maximum atomic E-state index is 13.8. The predicted molar refractivity (Wildman–Crippen MR) is 88.4 cm³/mol. The molecule has 0 radical (unpaired) electrons. The molecule has 27 heavy (non-hydrogen) atoms. The molecule has 11 heteroatoms. The maximum Gasteiger partial charge on any atom is 0.276 e. The second kappa shape index (κ2) is 7.06. The van der Waals surface area contributed by atoms with Crippen LogP contribution < -0.4 is 5.32 Å². The second-order valence-corrected chi connectivity index (χ2v) is 5.95. The van der Waals surface area contributed by atoms with E-state index in [0.717, 1.165) is 4.90 Å². The first-order valence-corrected chi connectivity index (χ1v) is 8.02. The summed E-state index contributed by atoms with van der Waals surface area (Å²) in [5.74, 6) is -11.3. The summed E-state index contributed by atoms with van der Waals surface area (Å²) in [6, 6.07) is 0. The van der Waals surface area contributed by atoms with Gasteiger partial charge in [-0.1, -0.05) is 0 Å². The van der Waals surface area contributed by atoms with Crippen molar-refractivity contribution in [3.63, 3.8) is 0 Å². The van der Waals surface area contributed by atoms with Crippen LogP contribution in [0.4, 0.5) is 22.0 Å². The minimum atomic E-state index is -2.28. The Balaban J connectivity index is 1.93. The third-order valence-corrected chi connectivity index (χ3v) is 4.17. The van der Waals surface area contributed by atoms with Crippen molar-refractivity contribution in [3.8, 4) is 0 Å². The van der Waals surface area contributed by atoms with Gasteiger partial charge in [0.1, 0.15) is 5.70 Å². The number of hydrogen-bond donors (Lipinski definition) is 1. The van der Waals surface area contributed by atoms with Crippen LogP contribution in [-0.4, -0.2) is 25.7 Å². The average molecular weight is 402 g/mol. The van der Waals surface area contributed by atoms with Gasteiger partial charge in [-0.15, -0.1) is 0 Å². The summed E-state index contributed by atoms with van der Waals surface area (Å²) in [6.07, 6.45) is 3.74. The molecule has 0 saturated carbocycles. The van der Waals surface area contributed by atoms with Gasteiger partial charge in [-0.3, -0.25) is 14.4 Å². The zero-order valence-corrected chi connectivity index (χ0v) is 14.5. The van der Waals surface area contributed by atoms with E-state index in [1.165, 1.54) is 6.20 Å². The average Bonchev–Trinajstić information content (AvgIpc) is 3.22. The van der Waals surface area contributed by atoms with Gasteiger partial charge in [0.25, 0.3) is 5.91 Å². The Morgan fingerprint density at radius 2 is 1.70 bits per heavy atom. The van der Waals surface area contributed by atoms with Crippen LogP contribution in [0.5, 0.6) is 0 Å². The van der Waals surface area contributed by atoms with Crippen LogP contribution in [0.3, 0.4) is 0 Å². The van der Waals surface area contributed by atoms with E-state index in [1.54, 1.807) is 10.9 Å². The van der Waals surface area contributed by atoms with Crippen molar-refractivity contribution in [2.24, 2.45) is 0 Å². The Kier molecular flexibility index (Phi) is 4.96. The Morgan fingerprint density at radius 1 is 1.11 bits per heavy atom. The van der Waals surface area contributed by atoms with Gasteiger partial charge in [0.2, 0.25) is 5.82 Å². The highest BCUT2D eigenvalue weighted by molar-refractivity contribution is 7.80. The molecule has 1 aromatic carbocycles. The molecule has 0 aliphatic carbocycles. The molecule has 0 spiro atoms. The molecule has 1 aromatic heterocycles. The van der Waals surface area contributed by atoms with Crippen LogP contribution in [0, 0.1) is 29.1 Å². The highest BCUT2D eigenvalue weighted by atomic mass is 32.1. The molecule has 3 rings (SSSR count). The normalized spacial score (nSPS) is 15.8. The van der Waals surface area contributed by atoms with Crippen molar-refractivity contribution >= 4 is 29.3 Å². The Morgan fingerprint density at radius 3 is 2.26 bits per heavy atom. The van der Waals surface area contributed by atoms with Gasteiger partial charge in [-0.25, -0.2) is 22.0 Å². The molecule has 1 aliphatic heterocycles. The van der Waals surface area contributed by atoms with Crippen LogP contribution >= 0.6 is 12.2 Å². The number of carbonyl (C=O) groups is 1. The molecule has 2 heterocycles. The predicted octanol–water partition coefficient (Wildman–Crippen LogP) is 2.86. The number of nitrogens with one attached hydrogen (secondary N) is 1. The van der Waals surface area contributed by atoms with Gasteiger partial charge in [0, 0.05) is 18.3 Å². The third kappa shape index (κ3) is 3.29. The van der Waals surface area contributed by atoms with Gasteiger partial charge >= 0.3 is 0 Å². The molecule has 0 bridgehead atoms. The van der Waals surface area contributed by atoms with Crippen molar-refractivity contribution in [1.29, 1.82) is 0 Å². The lowest BCUT2D eigenvalue weighted by atomic mass is 10.1. The van der Waals surface area contributed by atoms with Gasteiger partial charge in [0.15, 0.2) is 28.4 Å². The first-order valence-electron chi connectivity index (χ1n) is 7.61. The molecule has 0 atom stereocenters. The monoisotopic (exact) mass is 402 g/mol. The molecule has 142 valence electrons. The fourth-order valence-electron chi connectivity index (χ4n) is 2.45. The fraction of sp³-hybridized carbons (Fsp3) is 0.188. The van der Waals surface area contributed by atoms with Crippen molar-refractivity contribution in [2.45, 2.75) is 20.0 Å². The Bertz CT molecular complexity index is 958.